The van der Waals surface area contributed by atoms with Gasteiger partial charge in [0.15, 0.2) is 11.5 Å². The van der Waals surface area contributed by atoms with Crippen LogP contribution in [0.2, 0.25) is 0 Å². The largest absolute Gasteiger partial charge is 0.493 e. The van der Waals surface area contributed by atoms with E-state index < -0.39 is 0 Å². The molecule has 1 unspecified atom stereocenters. The van der Waals surface area contributed by atoms with Crippen molar-refractivity contribution in [2.45, 2.75) is 19.0 Å². The van der Waals surface area contributed by atoms with Crippen molar-refractivity contribution in [2.24, 2.45) is 0 Å². The fourth-order valence-electron chi connectivity index (χ4n) is 2.39. The molecule has 106 valence electrons. The van der Waals surface area contributed by atoms with Crippen LogP contribution in [-0.2, 0) is 6.54 Å². The summed E-state index contributed by atoms with van der Waals surface area (Å²) in [6.07, 6.45) is 1.21. The monoisotopic (exact) mass is 328 g/mol. The van der Waals surface area contributed by atoms with Crippen molar-refractivity contribution in [2.75, 3.05) is 34.4 Å². The number of likely N-dealkylation sites (N-methyl/N-ethyl adjacent to an activating group) is 1. The molecule has 1 aromatic rings. The SMILES string of the molecule is COc1cc(Br)c(CNC2CCN(C)C2)cc1OC. The van der Waals surface area contributed by atoms with Gasteiger partial charge in [-0.25, -0.2) is 0 Å². The van der Waals surface area contributed by atoms with E-state index in [9.17, 15) is 0 Å². The lowest BCUT2D eigenvalue weighted by Gasteiger charge is -2.15. The van der Waals surface area contributed by atoms with E-state index in [1.54, 1.807) is 14.2 Å². The lowest BCUT2D eigenvalue weighted by atomic mass is 10.1. The third-order valence-electron chi connectivity index (χ3n) is 3.53. The fraction of sp³-hybridized carbons (Fsp3) is 0.571. The van der Waals surface area contributed by atoms with Crippen LogP contribution in [0.1, 0.15) is 12.0 Å². The Hall–Kier alpha value is -0.780. The Morgan fingerprint density at radius 3 is 2.58 bits per heavy atom. The van der Waals surface area contributed by atoms with E-state index in [4.69, 9.17) is 9.47 Å². The van der Waals surface area contributed by atoms with Crippen LogP contribution in [0.15, 0.2) is 16.6 Å². The molecule has 19 heavy (non-hydrogen) atoms. The molecule has 1 fully saturated rings. The molecule has 0 saturated carbocycles. The maximum Gasteiger partial charge on any atom is 0.161 e. The average Bonchev–Trinajstić information content (AvgIpc) is 2.82. The smallest absolute Gasteiger partial charge is 0.161 e. The minimum Gasteiger partial charge on any atom is -0.493 e. The van der Waals surface area contributed by atoms with Crippen LogP contribution in [0.25, 0.3) is 0 Å². The van der Waals surface area contributed by atoms with Crippen molar-refractivity contribution in [3.63, 3.8) is 0 Å². The van der Waals surface area contributed by atoms with Gasteiger partial charge in [-0.1, -0.05) is 15.9 Å². The summed E-state index contributed by atoms with van der Waals surface area (Å²) in [6.45, 7) is 3.12. The molecule has 0 amide bonds. The van der Waals surface area contributed by atoms with Crippen LogP contribution in [0.3, 0.4) is 0 Å². The van der Waals surface area contributed by atoms with E-state index in [1.807, 2.05) is 12.1 Å². The van der Waals surface area contributed by atoms with Crippen LogP contribution >= 0.6 is 15.9 Å². The lowest BCUT2D eigenvalue weighted by Crippen LogP contribution is -2.31. The van der Waals surface area contributed by atoms with E-state index in [-0.39, 0.29) is 0 Å². The van der Waals surface area contributed by atoms with Gasteiger partial charge < -0.3 is 19.7 Å². The highest BCUT2D eigenvalue weighted by Crippen LogP contribution is 2.33. The molecule has 1 aromatic carbocycles. The molecule has 1 aliphatic rings. The van der Waals surface area contributed by atoms with Crippen LogP contribution in [0.5, 0.6) is 11.5 Å². The molecule has 1 heterocycles. The van der Waals surface area contributed by atoms with Gasteiger partial charge in [0.1, 0.15) is 0 Å². The minimum atomic E-state index is 0.574. The molecule has 4 nitrogen and oxygen atoms in total. The number of halogens is 1. The standard InChI is InChI=1S/C14H21BrN2O2/c1-17-5-4-11(9-17)16-8-10-6-13(18-2)14(19-3)7-12(10)15/h6-7,11,16H,4-5,8-9H2,1-3H3. The topological polar surface area (TPSA) is 33.7 Å². The molecule has 0 aromatic heterocycles. The summed E-state index contributed by atoms with van der Waals surface area (Å²) in [5, 5.41) is 3.59. The van der Waals surface area contributed by atoms with Gasteiger partial charge >= 0.3 is 0 Å². The predicted molar refractivity (Wildman–Crippen MR) is 80.0 cm³/mol. The molecule has 1 aliphatic heterocycles. The zero-order valence-corrected chi connectivity index (χ0v) is 13.3. The van der Waals surface area contributed by atoms with Crippen molar-refractivity contribution < 1.29 is 9.47 Å². The first kappa shape index (κ1) is 14.6. The van der Waals surface area contributed by atoms with E-state index in [0.717, 1.165) is 29.1 Å². The summed E-state index contributed by atoms with van der Waals surface area (Å²) < 4.78 is 11.7. The summed E-state index contributed by atoms with van der Waals surface area (Å²) in [6, 6.07) is 4.55. The maximum absolute atomic E-state index is 5.34. The van der Waals surface area contributed by atoms with Gasteiger partial charge in [0, 0.05) is 23.6 Å². The highest BCUT2D eigenvalue weighted by molar-refractivity contribution is 9.10. The second kappa shape index (κ2) is 6.59. The number of nitrogens with one attached hydrogen (secondary N) is 1. The van der Waals surface area contributed by atoms with Gasteiger partial charge in [-0.2, -0.15) is 0 Å². The molecule has 0 aliphatic carbocycles. The second-order valence-electron chi connectivity index (χ2n) is 4.93. The summed E-state index contributed by atoms with van der Waals surface area (Å²) in [4.78, 5) is 2.35. The average molecular weight is 329 g/mol. The number of likely N-dealkylation sites (tertiary alicyclic amines) is 1. The Balaban J connectivity index is 2.03. The van der Waals surface area contributed by atoms with Crippen molar-refractivity contribution in [1.29, 1.82) is 0 Å². The summed E-state index contributed by atoms with van der Waals surface area (Å²) in [7, 11) is 5.47. The van der Waals surface area contributed by atoms with Crippen LogP contribution in [0.4, 0.5) is 0 Å². The normalized spacial score (nSPS) is 19.7. The van der Waals surface area contributed by atoms with Crippen molar-refractivity contribution in [3.8, 4) is 11.5 Å². The third kappa shape index (κ3) is 3.61. The van der Waals surface area contributed by atoms with Gasteiger partial charge in [-0.15, -0.1) is 0 Å². The second-order valence-corrected chi connectivity index (χ2v) is 5.78. The first-order valence-electron chi connectivity index (χ1n) is 6.46. The summed E-state index contributed by atoms with van der Waals surface area (Å²) in [5.74, 6) is 1.52. The van der Waals surface area contributed by atoms with Gasteiger partial charge in [0.05, 0.1) is 14.2 Å². The quantitative estimate of drug-likeness (QED) is 0.899. The van der Waals surface area contributed by atoms with Gasteiger partial charge in [-0.05, 0) is 37.7 Å². The summed E-state index contributed by atoms with van der Waals surface area (Å²) in [5.41, 5.74) is 1.19. The maximum atomic E-state index is 5.34. The predicted octanol–water partition coefficient (Wildman–Crippen LogP) is 2.26. The number of hydrogen-bond acceptors (Lipinski definition) is 4. The van der Waals surface area contributed by atoms with E-state index in [2.05, 4.69) is 33.2 Å². The fourth-order valence-corrected chi connectivity index (χ4v) is 2.85. The van der Waals surface area contributed by atoms with Gasteiger partial charge in [0.2, 0.25) is 0 Å². The highest BCUT2D eigenvalue weighted by atomic mass is 79.9. The number of rotatable bonds is 5. The van der Waals surface area contributed by atoms with E-state index in [0.29, 0.717) is 6.04 Å². The first-order valence-corrected chi connectivity index (χ1v) is 7.25. The van der Waals surface area contributed by atoms with Crippen LogP contribution in [-0.4, -0.2) is 45.3 Å². The Morgan fingerprint density at radius 2 is 2.00 bits per heavy atom. The van der Waals surface area contributed by atoms with Crippen molar-refractivity contribution in [3.05, 3.63) is 22.2 Å². The Morgan fingerprint density at radius 1 is 1.32 bits per heavy atom. The lowest BCUT2D eigenvalue weighted by molar-refractivity contribution is 0.354. The van der Waals surface area contributed by atoms with Gasteiger partial charge in [-0.3, -0.25) is 0 Å². The number of hydrogen-bond donors (Lipinski definition) is 1. The molecule has 0 bridgehead atoms. The molecule has 5 heteroatoms. The number of methoxy groups -OCH3 is 2. The number of ether oxygens (including phenoxy) is 2. The van der Waals surface area contributed by atoms with Crippen LogP contribution < -0.4 is 14.8 Å². The molecule has 1 saturated heterocycles. The molecule has 0 spiro atoms. The highest BCUT2D eigenvalue weighted by Gasteiger charge is 2.19. The Labute approximate surface area is 123 Å². The number of benzene rings is 1. The zero-order chi connectivity index (χ0) is 13.8. The molecule has 1 atom stereocenters. The molecule has 2 rings (SSSR count). The summed E-state index contributed by atoms with van der Waals surface area (Å²) >= 11 is 3.59. The van der Waals surface area contributed by atoms with Crippen molar-refractivity contribution in [1.82, 2.24) is 10.2 Å². The minimum absolute atomic E-state index is 0.574. The Bertz CT molecular complexity index is 440. The molecular weight excluding hydrogens is 308 g/mol. The molecular formula is C14H21BrN2O2. The van der Waals surface area contributed by atoms with E-state index >= 15 is 0 Å². The molecule has 1 N–H and O–H groups in total. The van der Waals surface area contributed by atoms with E-state index in [1.165, 1.54) is 18.5 Å². The third-order valence-corrected chi connectivity index (χ3v) is 4.26. The Kier molecular flexibility index (Phi) is 5.07. The zero-order valence-electron chi connectivity index (χ0n) is 11.7. The number of nitrogens with zero attached hydrogens (tertiary/aromatic N) is 1. The molecule has 0 radical (unpaired) electrons. The van der Waals surface area contributed by atoms with Crippen molar-refractivity contribution >= 4 is 15.9 Å². The first-order chi connectivity index (χ1) is 9.13. The van der Waals surface area contributed by atoms with Crippen LogP contribution in [0, 0.1) is 0 Å². The van der Waals surface area contributed by atoms with Gasteiger partial charge in [0.25, 0.3) is 0 Å².